The van der Waals surface area contributed by atoms with E-state index < -0.39 is 0 Å². The summed E-state index contributed by atoms with van der Waals surface area (Å²) in [6.45, 7) is 7.53. The van der Waals surface area contributed by atoms with Gasteiger partial charge in [0.05, 0.1) is 6.21 Å². The van der Waals surface area contributed by atoms with Crippen LogP contribution in [0.15, 0.2) is 46.7 Å². The molecule has 0 amide bonds. The molecule has 0 saturated heterocycles. The molecule has 0 aliphatic heterocycles. The van der Waals surface area contributed by atoms with E-state index in [1.165, 1.54) is 0 Å². The molecule has 0 aromatic rings. The first kappa shape index (κ1) is 10.6. The summed E-state index contributed by atoms with van der Waals surface area (Å²) in [6, 6.07) is 0. The molecule has 0 N–H and O–H groups in total. The van der Waals surface area contributed by atoms with Crippen molar-refractivity contribution in [2.45, 2.75) is 13.8 Å². The zero-order valence-electron chi connectivity index (χ0n) is 7.57. The smallest absolute Gasteiger partial charge is 0.0561 e. The molecule has 0 unspecified atom stereocenters. The minimum Gasteiger partial charge on any atom is -0.164 e. The van der Waals surface area contributed by atoms with Gasteiger partial charge in [-0.2, -0.15) is 10.2 Å². The van der Waals surface area contributed by atoms with Crippen molar-refractivity contribution < 1.29 is 0 Å². The maximum atomic E-state index is 3.75. The summed E-state index contributed by atoms with van der Waals surface area (Å²) >= 11 is 0. The van der Waals surface area contributed by atoms with Crippen LogP contribution in [0.4, 0.5) is 0 Å². The molecule has 0 aromatic carbocycles. The SMILES string of the molecule is C=C(/C=C\C=C/C)/C=N\N=C/C. The van der Waals surface area contributed by atoms with Gasteiger partial charge < -0.3 is 0 Å². The molecule has 64 valence electrons. The predicted octanol–water partition coefficient (Wildman–Crippen LogP) is 2.75. The summed E-state index contributed by atoms with van der Waals surface area (Å²) in [5, 5.41) is 7.41. The van der Waals surface area contributed by atoms with Crippen LogP contribution in [0, 0.1) is 0 Å². The van der Waals surface area contributed by atoms with E-state index in [-0.39, 0.29) is 0 Å². The molecule has 0 atom stereocenters. The Morgan fingerprint density at radius 3 is 2.50 bits per heavy atom. The van der Waals surface area contributed by atoms with Crippen LogP contribution in [0.3, 0.4) is 0 Å². The quantitative estimate of drug-likeness (QED) is 0.345. The molecular formula is C10H14N2. The molecule has 12 heavy (non-hydrogen) atoms. The number of rotatable bonds is 4. The molecule has 0 saturated carbocycles. The Bertz CT molecular complexity index is 208. The number of hydrogen-bond acceptors (Lipinski definition) is 2. The Labute approximate surface area is 73.7 Å². The molecule has 0 aromatic heterocycles. The minimum absolute atomic E-state index is 0.832. The lowest BCUT2D eigenvalue weighted by molar-refractivity contribution is 1.26. The van der Waals surface area contributed by atoms with Gasteiger partial charge >= 0.3 is 0 Å². The van der Waals surface area contributed by atoms with Gasteiger partial charge in [-0.15, -0.1) is 0 Å². The van der Waals surface area contributed by atoms with Gasteiger partial charge in [0.2, 0.25) is 0 Å². The molecule has 0 heterocycles. The third-order valence-electron chi connectivity index (χ3n) is 1.02. The fourth-order valence-electron chi connectivity index (χ4n) is 0.507. The molecule has 0 aliphatic carbocycles. The van der Waals surface area contributed by atoms with Crippen LogP contribution in [-0.2, 0) is 0 Å². The molecule has 2 nitrogen and oxygen atoms in total. The van der Waals surface area contributed by atoms with Crippen molar-refractivity contribution >= 4 is 12.4 Å². The minimum atomic E-state index is 0.832. The Hall–Kier alpha value is -1.44. The van der Waals surface area contributed by atoms with E-state index in [4.69, 9.17) is 0 Å². The average molecular weight is 162 g/mol. The van der Waals surface area contributed by atoms with Gasteiger partial charge in [0.25, 0.3) is 0 Å². The standard InChI is InChI=1S/C10H14N2/c1-4-6-7-8-10(3)9-12-11-5-2/h4-9H,3H2,1-2H3/b6-4-,8-7-,11-5-,12-9-. The Balaban J connectivity index is 3.89. The van der Waals surface area contributed by atoms with Gasteiger partial charge in [0.1, 0.15) is 0 Å². The highest BCUT2D eigenvalue weighted by Crippen LogP contribution is 1.89. The lowest BCUT2D eigenvalue weighted by Crippen LogP contribution is -1.74. The van der Waals surface area contributed by atoms with Crippen molar-refractivity contribution in [2.75, 3.05) is 0 Å². The summed E-state index contributed by atoms with van der Waals surface area (Å²) in [7, 11) is 0. The van der Waals surface area contributed by atoms with E-state index in [9.17, 15) is 0 Å². The number of allylic oxidation sites excluding steroid dienone is 5. The van der Waals surface area contributed by atoms with Crippen LogP contribution in [0.5, 0.6) is 0 Å². The summed E-state index contributed by atoms with van der Waals surface area (Å²) in [5.41, 5.74) is 0.832. The zero-order valence-corrected chi connectivity index (χ0v) is 7.57. The third-order valence-corrected chi connectivity index (χ3v) is 1.02. The molecule has 2 heteroatoms. The van der Waals surface area contributed by atoms with E-state index in [0.29, 0.717) is 0 Å². The summed E-state index contributed by atoms with van der Waals surface area (Å²) < 4.78 is 0. The van der Waals surface area contributed by atoms with E-state index in [1.54, 1.807) is 12.4 Å². The first-order valence-electron chi connectivity index (χ1n) is 3.80. The highest BCUT2D eigenvalue weighted by molar-refractivity contribution is 5.81. The van der Waals surface area contributed by atoms with Gasteiger partial charge in [-0.3, -0.25) is 0 Å². The second-order valence-corrected chi connectivity index (χ2v) is 2.08. The Morgan fingerprint density at radius 1 is 1.17 bits per heavy atom. The molecule has 0 spiro atoms. The largest absolute Gasteiger partial charge is 0.164 e. The molecule has 0 fully saturated rings. The van der Waals surface area contributed by atoms with Crippen molar-refractivity contribution in [2.24, 2.45) is 10.2 Å². The normalized spacial score (nSPS) is 12.8. The molecule has 0 bridgehead atoms. The van der Waals surface area contributed by atoms with Crippen LogP contribution >= 0.6 is 0 Å². The highest BCUT2D eigenvalue weighted by atomic mass is 15.2. The van der Waals surface area contributed by atoms with E-state index in [1.807, 2.05) is 38.2 Å². The second-order valence-electron chi connectivity index (χ2n) is 2.08. The van der Waals surface area contributed by atoms with E-state index in [2.05, 4.69) is 16.8 Å². The number of nitrogens with zero attached hydrogens (tertiary/aromatic N) is 2. The Kier molecular flexibility index (Phi) is 6.74. The van der Waals surface area contributed by atoms with Crippen molar-refractivity contribution in [3.63, 3.8) is 0 Å². The Morgan fingerprint density at radius 2 is 1.92 bits per heavy atom. The van der Waals surface area contributed by atoms with Crippen LogP contribution < -0.4 is 0 Å². The fraction of sp³-hybridized carbons (Fsp3) is 0.200. The van der Waals surface area contributed by atoms with E-state index >= 15 is 0 Å². The van der Waals surface area contributed by atoms with Crippen molar-refractivity contribution in [1.29, 1.82) is 0 Å². The van der Waals surface area contributed by atoms with Crippen LogP contribution in [0.2, 0.25) is 0 Å². The van der Waals surface area contributed by atoms with Crippen molar-refractivity contribution in [3.05, 3.63) is 36.5 Å². The third kappa shape index (κ3) is 6.68. The van der Waals surface area contributed by atoms with Gasteiger partial charge in [-0.1, -0.05) is 30.9 Å². The van der Waals surface area contributed by atoms with Gasteiger partial charge in [-0.25, -0.2) is 0 Å². The van der Waals surface area contributed by atoms with E-state index in [0.717, 1.165) is 5.57 Å². The van der Waals surface area contributed by atoms with Gasteiger partial charge in [-0.05, 0) is 19.4 Å². The highest BCUT2D eigenvalue weighted by Gasteiger charge is 1.76. The second kappa shape index (κ2) is 7.66. The van der Waals surface area contributed by atoms with Crippen molar-refractivity contribution in [3.8, 4) is 0 Å². The van der Waals surface area contributed by atoms with Gasteiger partial charge in [0.15, 0.2) is 0 Å². The lowest BCUT2D eigenvalue weighted by Gasteiger charge is -1.83. The molecule has 0 aliphatic rings. The summed E-state index contributed by atoms with van der Waals surface area (Å²) in [5.74, 6) is 0. The maximum absolute atomic E-state index is 3.75. The predicted molar refractivity (Wildman–Crippen MR) is 55.8 cm³/mol. The molecule has 0 radical (unpaired) electrons. The van der Waals surface area contributed by atoms with Crippen LogP contribution in [-0.4, -0.2) is 12.4 Å². The topological polar surface area (TPSA) is 24.7 Å². The zero-order chi connectivity index (χ0) is 9.23. The van der Waals surface area contributed by atoms with Crippen molar-refractivity contribution in [1.82, 2.24) is 0 Å². The monoisotopic (exact) mass is 162 g/mol. The summed E-state index contributed by atoms with van der Waals surface area (Å²) in [4.78, 5) is 0. The maximum Gasteiger partial charge on any atom is 0.0561 e. The van der Waals surface area contributed by atoms with Crippen LogP contribution in [0.25, 0.3) is 0 Å². The molecular weight excluding hydrogens is 148 g/mol. The summed E-state index contributed by atoms with van der Waals surface area (Å²) in [6.07, 6.45) is 10.9. The fourth-order valence-corrected chi connectivity index (χ4v) is 0.507. The average Bonchev–Trinajstić information content (AvgIpc) is 2.06. The van der Waals surface area contributed by atoms with Gasteiger partial charge in [0, 0.05) is 6.21 Å². The first-order chi connectivity index (χ1) is 5.81. The first-order valence-corrected chi connectivity index (χ1v) is 3.80. The molecule has 0 rings (SSSR count). The number of hydrogen-bond donors (Lipinski definition) is 0. The lowest BCUT2D eigenvalue weighted by atomic mass is 10.3. The van der Waals surface area contributed by atoms with Crippen LogP contribution in [0.1, 0.15) is 13.8 Å².